The smallest absolute Gasteiger partial charge is 0.194 e. The summed E-state index contributed by atoms with van der Waals surface area (Å²) in [6, 6.07) is 9.91. The van der Waals surface area contributed by atoms with E-state index in [0.29, 0.717) is 12.5 Å². The molecule has 1 N–H and O–H groups in total. The molecule has 1 aromatic carbocycles. The zero-order valence-corrected chi connectivity index (χ0v) is 17.9. The lowest BCUT2D eigenvalue weighted by Gasteiger charge is -2.22. The van der Waals surface area contributed by atoms with Gasteiger partial charge in [0.1, 0.15) is 11.9 Å². The topological polar surface area (TPSA) is 46.1 Å². The Labute approximate surface area is 169 Å². The van der Waals surface area contributed by atoms with Gasteiger partial charge in [-0.1, -0.05) is 18.2 Å². The molecule has 2 rings (SSSR count). The van der Waals surface area contributed by atoms with Crippen LogP contribution in [0.1, 0.15) is 27.2 Å². The molecule has 1 aliphatic heterocycles. The molecular weight excluding hydrogens is 429 g/mol. The van der Waals surface area contributed by atoms with E-state index >= 15 is 0 Å². The third kappa shape index (κ3) is 7.81. The van der Waals surface area contributed by atoms with Gasteiger partial charge in [0.25, 0.3) is 0 Å². The molecule has 1 fully saturated rings. The number of likely N-dealkylation sites (tertiary alicyclic amines) is 1. The van der Waals surface area contributed by atoms with E-state index in [0.717, 1.165) is 44.6 Å². The van der Waals surface area contributed by atoms with Gasteiger partial charge < -0.3 is 19.7 Å². The Morgan fingerprint density at radius 3 is 2.76 bits per heavy atom. The van der Waals surface area contributed by atoms with Crippen molar-refractivity contribution in [2.75, 3.05) is 39.4 Å². The van der Waals surface area contributed by atoms with Crippen LogP contribution in [0.3, 0.4) is 0 Å². The lowest BCUT2D eigenvalue weighted by Crippen LogP contribution is -2.41. The quantitative estimate of drug-likeness (QED) is 0.366. The second-order valence-electron chi connectivity index (χ2n) is 6.20. The van der Waals surface area contributed by atoms with Crippen molar-refractivity contribution in [2.45, 2.75) is 33.3 Å². The number of benzene rings is 1. The Morgan fingerprint density at radius 2 is 2.08 bits per heavy atom. The van der Waals surface area contributed by atoms with Crippen molar-refractivity contribution in [1.82, 2.24) is 10.2 Å². The molecule has 6 heteroatoms. The molecule has 1 aliphatic rings. The van der Waals surface area contributed by atoms with Crippen LogP contribution in [0.15, 0.2) is 35.3 Å². The normalized spacial score (nSPS) is 18.6. The third-order valence-corrected chi connectivity index (χ3v) is 4.06. The van der Waals surface area contributed by atoms with Gasteiger partial charge in [-0.2, -0.15) is 0 Å². The van der Waals surface area contributed by atoms with Gasteiger partial charge in [-0.05, 0) is 39.3 Å². The summed E-state index contributed by atoms with van der Waals surface area (Å²) >= 11 is 0. The van der Waals surface area contributed by atoms with Crippen LogP contribution in [-0.2, 0) is 4.74 Å². The Balaban J connectivity index is 0.00000312. The number of nitrogens with zero attached hydrogens (tertiary/aromatic N) is 2. The fourth-order valence-corrected chi connectivity index (χ4v) is 2.86. The average Bonchev–Trinajstić information content (AvgIpc) is 3.06. The monoisotopic (exact) mass is 461 g/mol. The average molecular weight is 461 g/mol. The number of nitrogens with one attached hydrogen (secondary N) is 1. The highest BCUT2D eigenvalue weighted by Gasteiger charge is 2.24. The van der Waals surface area contributed by atoms with Crippen molar-refractivity contribution in [2.24, 2.45) is 10.9 Å². The van der Waals surface area contributed by atoms with Crippen molar-refractivity contribution < 1.29 is 9.47 Å². The number of guanidine groups is 1. The predicted molar refractivity (Wildman–Crippen MR) is 114 cm³/mol. The largest absolute Gasteiger partial charge is 0.489 e. The van der Waals surface area contributed by atoms with Gasteiger partial charge in [0.2, 0.25) is 0 Å². The highest BCUT2D eigenvalue weighted by molar-refractivity contribution is 14.0. The number of hydrogen-bond donors (Lipinski definition) is 1. The van der Waals surface area contributed by atoms with E-state index in [4.69, 9.17) is 14.5 Å². The van der Waals surface area contributed by atoms with Gasteiger partial charge in [0, 0.05) is 32.2 Å². The molecule has 2 unspecified atom stereocenters. The van der Waals surface area contributed by atoms with Crippen LogP contribution < -0.4 is 10.1 Å². The van der Waals surface area contributed by atoms with Crippen LogP contribution in [0.5, 0.6) is 5.75 Å². The number of aliphatic imine (C=N–C) groups is 1. The Kier molecular flexibility index (Phi) is 10.9. The fraction of sp³-hybridized carbons (Fsp3) is 0.632. The van der Waals surface area contributed by atoms with E-state index in [9.17, 15) is 0 Å². The molecule has 1 aromatic rings. The van der Waals surface area contributed by atoms with Crippen molar-refractivity contribution in [3.8, 4) is 5.75 Å². The molecule has 0 radical (unpaired) electrons. The van der Waals surface area contributed by atoms with Crippen molar-refractivity contribution in [3.05, 3.63) is 30.3 Å². The van der Waals surface area contributed by atoms with Gasteiger partial charge in [0.05, 0.1) is 13.2 Å². The van der Waals surface area contributed by atoms with Crippen LogP contribution in [0.25, 0.3) is 0 Å². The number of ether oxygens (including phenoxy) is 2. The van der Waals surface area contributed by atoms with Crippen molar-refractivity contribution in [1.29, 1.82) is 0 Å². The molecule has 0 bridgehead atoms. The van der Waals surface area contributed by atoms with Gasteiger partial charge >= 0.3 is 0 Å². The molecular formula is C19H32IN3O2. The second-order valence-corrected chi connectivity index (χ2v) is 6.20. The maximum absolute atomic E-state index is 5.91. The zero-order valence-electron chi connectivity index (χ0n) is 15.6. The van der Waals surface area contributed by atoms with Crippen LogP contribution >= 0.6 is 24.0 Å². The first-order chi connectivity index (χ1) is 11.7. The standard InChI is InChI=1S/C19H31N3O2.HI/c1-4-20-19(22-12-11-17(14-22)15-23-5-2)21-13-16(3)24-18-9-7-6-8-10-18;/h6-10,16-17H,4-5,11-15H2,1-3H3,(H,20,21);1H. The van der Waals surface area contributed by atoms with Gasteiger partial charge in [-0.3, -0.25) is 0 Å². The van der Waals surface area contributed by atoms with Crippen molar-refractivity contribution in [3.63, 3.8) is 0 Å². The molecule has 0 saturated carbocycles. The Morgan fingerprint density at radius 1 is 1.32 bits per heavy atom. The van der Waals surface area contributed by atoms with E-state index in [2.05, 4.69) is 24.1 Å². The number of hydrogen-bond acceptors (Lipinski definition) is 3. The molecule has 1 saturated heterocycles. The molecule has 0 spiro atoms. The Hall–Kier alpha value is -1.02. The molecule has 1 heterocycles. The minimum atomic E-state index is 0. The maximum atomic E-state index is 5.91. The maximum Gasteiger partial charge on any atom is 0.194 e. The number of rotatable bonds is 8. The summed E-state index contributed by atoms with van der Waals surface area (Å²) in [5, 5.41) is 3.40. The first kappa shape index (κ1) is 22.0. The minimum absolute atomic E-state index is 0. The van der Waals surface area contributed by atoms with Crippen LogP contribution in [-0.4, -0.2) is 56.4 Å². The van der Waals surface area contributed by atoms with Gasteiger partial charge in [-0.25, -0.2) is 4.99 Å². The summed E-state index contributed by atoms with van der Waals surface area (Å²) in [4.78, 5) is 7.11. The SMILES string of the molecule is CCNC(=NCC(C)Oc1ccccc1)N1CCC(COCC)C1.I. The van der Waals surface area contributed by atoms with E-state index < -0.39 is 0 Å². The van der Waals surface area contributed by atoms with E-state index in [-0.39, 0.29) is 30.1 Å². The number of para-hydroxylation sites is 1. The summed E-state index contributed by atoms with van der Waals surface area (Å²) in [7, 11) is 0. The first-order valence-electron chi connectivity index (χ1n) is 9.05. The van der Waals surface area contributed by atoms with E-state index in [1.165, 1.54) is 6.42 Å². The highest BCUT2D eigenvalue weighted by Crippen LogP contribution is 2.17. The molecule has 5 nitrogen and oxygen atoms in total. The zero-order chi connectivity index (χ0) is 17.2. The Bertz CT molecular complexity index is 499. The van der Waals surface area contributed by atoms with Gasteiger partial charge in [-0.15, -0.1) is 24.0 Å². The minimum Gasteiger partial charge on any atom is -0.489 e. The number of halogens is 1. The van der Waals surface area contributed by atoms with Crippen molar-refractivity contribution >= 4 is 29.9 Å². The molecule has 2 atom stereocenters. The molecule has 0 amide bonds. The molecule has 142 valence electrons. The first-order valence-corrected chi connectivity index (χ1v) is 9.05. The summed E-state index contributed by atoms with van der Waals surface area (Å²) in [6.45, 7) is 11.4. The lowest BCUT2D eigenvalue weighted by atomic mass is 10.1. The van der Waals surface area contributed by atoms with Gasteiger partial charge in [0.15, 0.2) is 5.96 Å². The second kappa shape index (κ2) is 12.4. The molecule has 25 heavy (non-hydrogen) atoms. The summed E-state index contributed by atoms with van der Waals surface area (Å²) in [5.41, 5.74) is 0. The summed E-state index contributed by atoms with van der Waals surface area (Å²) in [5.74, 6) is 2.48. The van der Waals surface area contributed by atoms with Crippen LogP contribution in [0.4, 0.5) is 0 Å². The highest BCUT2D eigenvalue weighted by atomic mass is 127. The van der Waals surface area contributed by atoms with E-state index in [1.807, 2.05) is 37.3 Å². The fourth-order valence-electron chi connectivity index (χ4n) is 2.86. The van der Waals surface area contributed by atoms with Crippen LogP contribution in [0.2, 0.25) is 0 Å². The van der Waals surface area contributed by atoms with E-state index in [1.54, 1.807) is 0 Å². The van der Waals surface area contributed by atoms with Crippen LogP contribution in [0, 0.1) is 5.92 Å². The third-order valence-electron chi connectivity index (χ3n) is 4.06. The predicted octanol–water partition coefficient (Wildman–Crippen LogP) is 3.40. The lowest BCUT2D eigenvalue weighted by molar-refractivity contribution is 0.114. The summed E-state index contributed by atoms with van der Waals surface area (Å²) < 4.78 is 11.5. The molecule has 0 aliphatic carbocycles. The summed E-state index contributed by atoms with van der Waals surface area (Å²) in [6.07, 6.45) is 1.21. The molecule has 0 aromatic heterocycles.